The average molecular weight is 170 g/mol. The Hall–Kier alpha value is -0.860. The molecule has 1 aromatic heterocycles. The van der Waals surface area contributed by atoms with E-state index in [1.54, 1.807) is 12.3 Å². The first-order valence-electron chi connectivity index (χ1n) is 3.21. The van der Waals surface area contributed by atoms with E-state index in [-0.39, 0.29) is 6.61 Å². The lowest BCUT2D eigenvalue weighted by molar-refractivity contribution is 0.339. The minimum absolute atomic E-state index is 0.141. The van der Waals surface area contributed by atoms with E-state index in [1.807, 2.05) is 18.2 Å². The second-order valence-corrected chi connectivity index (χ2v) is 2.49. The number of aromatic nitrogens is 1. The predicted octanol–water partition coefficient (Wildman–Crippen LogP) is 1.65. The number of hydrogen-bond acceptors (Lipinski definition) is 2. The number of hydrogen-bond donors (Lipinski definition) is 1. The van der Waals surface area contributed by atoms with Gasteiger partial charge in [-0.15, -0.1) is 0 Å². The van der Waals surface area contributed by atoms with Gasteiger partial charge in [0, 0.05) is 11.2 Å². The summed E-state index contributed by atoms with van der Waals surface area (Å²) >= 11 is 5.57. The molecular weight excluding hydrogens is 162 g/mol. The van der Waals surface area contributed by atoms with E-state index in [9.17, 15) is 0 Å². The van der Waals surface area contributed by atoms with Crippen molar-refractivity contribution >= 4 is 17.7 Å². The zero-order valence-electron chi connectivity index (χ0n) is 5.87. The van der Waals surface area contributed by atoms with E-state index < -0.39 is 0 Å². The van der Waals surface area contributed by atoms with Gasteiger partial charge in [-0.25, -0.2) is 0 Å². The predicted molar refractivity (Wildman–Crippen MR) is 45.2 cm³/mol. The van der Waals surface area contributed by atoms with E-state index in [0.29, 0.717) is 5.03 Å². The van der Waals surface area contributed by atoms with Crippen molar-refractivity contribution in [1.82, 2.24) is 4.98 Å². The van der Waals surface area contributed by atoms with E-state index in [0.717, 1.165) is 5.69 Å². The third-order valence-electron chi connectivity index (χ3n) is 1.14. The maximum atomic E-state index is 8.57. The molecule has 0 aliphatic heterocycles. The quantitative estimate of drug-likeness (QED) is 0.731. The van der Waals surface area contributed by atoms with Crippen LogP contribution in [0.4, 0.5) is 0 Å². The summed E-state index contributed by atoms with van der Waals surface area (Å²) in [5.74, 6) is 0. The van der Waals surface area contributed by atoms with Gasteiger partial charge in [0.15, 0.2) is 0 Å². The lowest BCUT2D eigenvalue weighted by atomic mass is 10.3. The van der Waals surface area contributed by atoms with Crippen LogP contribution in [-0.4, -0.2) is 16.7 Å². The highest BCUT2D eigenvalue weighted by atomic mass is 35.5. The maximum absolute atomic E-state index is 8.57. The SMILES string of the molecule is OC/C(Cl)=C\c1ccccn1. The van der Waals surface area contributed by atoms with Crippen LogP contribution in [0.15, 0.2) is 29.4 Å². The van der Waals surface area contributed by atoms with Crippen LogP contribution in [0.2, 0.25) is 0 Å². The van der Waals surface area contributed by atoms with Crippen LogP contribution in [0.25, 0.3) is 6.08 Å². The molecule has 1 aromatic rings. The number of halogens is 1. The van der Waals surface area contributed by atoms with Crippen molar-refractivity contribution < 1.29 is 5.11 Å². The molecule has 0 fully saturated rings. The second-order valence-electron chi connectivity index (χ2n) is 2.00. The van der Waals surface area contributed by atoms with Gasteiger partial charge in [0.25, 0.3) is 0 Å². The van der Waals surface area contributed by atoms with Crippen molar-refractivity contribution in [3.63, 3.8) is 0 Å². The Morgan fingerprint density at radius 1 is 1.64 bits per heavy atom. The Labute approximate surface area is 70.2 Å². The van der Waals surface area contributed by atoms with Crippen molar-refractivity contribution in [1.29, 1.82) is 0 Å². The Morgan fingerprint density at radius 3 is 3.00 bits per heavy atom. The number of aliphatic hydroxyl groups is 1. The van der Waals surface area contributed by atoms with Gasteiger partial charge >= 0.3 is 0 Å². The van der Waals surface area contributed by atoms with Crippen LogP contribution in [0, 0.1) is 0 Å². The molecule has 0 aliphatic carbocycles. The summed E-state index contributed by atoms with van der Waals surface area (Å²) in [7, 11) is 0. The highest BCUT2D eigenvalue weighted by molar-refractivity contribution is 6.31. The monoisotopic (exact) mass is 169 g/mol. The van der Waals surface area contributed by atoms with Crippen molar-refractivity contribution in [3.8, 4) is 0 Å². The maximum Gasteiger partial charge on any atom is 0.0788 e. The Balaban J connectivity index is 2.79. The van der Waals surface area contributed by atoms with Crippen LogP contribution in [0.5, 0.6) is 0 Å². The normalized spacial score (nSPS) is 11.6. The first-order valence-corrected chi connectivity index (χ1v) is 3.58. The Kier molecular flexibility index (Phi) is 3.08. The molecule has 0 amide bonds. The Morgan fingerprint density at radius 2 is 2.45 bits per heavy atom. The van der Waals surface area contributed by atoms with Crippen molar-refractivity contribution in [2.45, 2.75) is 0 Å². The van der Waals surface area contributed by atoms with Gasteiger partial charge in [-0.3, -0.25) is 4.98 Å². The summed E-state index contributed by atoms with van der Waals surface area (Å²) in [6.07, 6.45) is 3.30. The van der Waals surface area contributed by atoms with Crippen molar-refractivity contribution in [2.75, 3.05) is 6.61 Å². The highest BCUT2D eigenvalue weighted by Crippen LogP contribution is 2.05. The summed E-state index contributed by atoms with van der Waals surface area (Å²) in [6, 6.07) is 5.50. The fourth-order valence-corrected chi connectivity index (χ4v) is 0.779. The number of pyridine rings is 1. The van der Waals surface area contributed by atoms with E-state index in [2.05, 4.69) is 4.98 Å². The number of aliphatic hydroxyl groups excluding tert-OH is 1. The molecule has 2 nitrogen and oxygen atoms in total. The largest absolute Gasteiger partial charge is 0.391 e. The van der Waals surface area contributed by atoms with Gasteiger partial charge < -0.3 is 5.11 Å². The lowest BCUT2D eigenvalue weighted by Gasteiger charge is -1.91. The molecule has 58 valence electrons. The molecular formula is C8H8ClNO. The van der Waals surface area contributed by atoms with Crippen LogP contribution >= 0.6 is 11.6 Å². The van der Waals surface area contributed by atoms with Crippen LogP contribution in [-0.2, 0) is 0 Å². The average Bonchev–Trinajstić information content (AvgIpc) is 2.06. The summed E-state index contributed by atoms with van der Waals surface area (Å²) in [6.45, 7) is -0.141. The van der Waals surface area contributed by atoms with Crippen LogP contribution in [0.3, 0.4) is 0 Å². The standard InChI is InChI=1S/C8H8ClNO/c9-7(6-11)5-8-3-1-2-4-10-8/h1-5,11H,6H2/b7-5+. The van der Waals surface area contributed by atoms with E-state index >= 15 is 0 Å². The fourth-order valence-electron chi connectivity index (χ4n) is 0.667. The molecule has 0 radical (unpaired) electrons. The first kappa shape index (κ1) is 8.24. The van der Waals surface area contributed by atoms with Gasteiger partial charge in [-0.1, -0.05) is 17.7 Å². The number of rotatable bonds is 2. The van der Waals surface area contributed by atoms with Crippen molar-refractivity contribution in [2.24, 2.45) is 0 Å². The molecule has 1 rings (SSSR count). The summed E-state index contributed by atoms with van der Waals surface area (Å²) in [5.41, 5.74) is 0.756. The van der Waals surface area contributed by atoms with Crippen LogP contribution in [0.1, 0.15) is 5.69 Å². The molecule has 1 N–H and O–H groups in total. The molecule has 0 atom stereocenters. The minimum Gasteiger partial charge on any atom is -0.391 e. The molecule has 3 heteroatoms. The molecule has 0 spiro atoms. The highest BCUT2D eigenvalue weighted by Gasteiger charge is 1.89. The molecule has 0 saturated heterocycles. The topological polar surface area (TPSA) is 33.1 Å². The first-order chi connectivity index (χ1) is 5.33. The van der Waals surface area contributed by atoms with E-state index in [4.69, 9.17) is 16.7 Å². The van der Waals surface area contributed by atoms with Gasteiger partial charge in [0.05, 0.1) is 12.3 Å². The zero-order valence-corrected chi connectivity index (χ0v) is 6.62. The fraction of sp³-hybridized carbons (Fsp3) is 0.125. The number of nitrogens with zero attached hydrogens (tertiary/aromatic N) is 1. The van der Waals surface area contributed by atoms with Gasteiger partial charge in [0.1, 0.15) is 0 Å². The van der Waals surface area contributed by atoms with E-state index in [1.165, 1.54) is 0 Å². The smallest absolute Gasteiger partial charge is 0.0788 e. The molecule has 0 bridgehead atoms. The second kappa shape index (κ2) is 4.11. The molecule has 0 saturated carbocycles. The third-order valence-corrected chi connectivity index (χ3v) is 1.37. The molecule has 0 aliphatic rings. The molecule has 1 heterocycles. The summed E-state index contributed by atoms with van der Waals surface area (Å²) in [4.78, 5) is 3.99. The molecule has 0 unspecified atom stereocenters. The third kappa shape index (κ3) is 2.70. The molecule has 0 aromatic carbocycles. The Bertz CT molecular complexity index is 246. The van der Waals surface area contributed by atoms with Crippen molar-refractivity contribution in [3.05, 3.63) is 35.1 Å². The zero-order chi connectivity index (χ0) is 8.10. The summed E-state index contributed by atoms with van der Waals surface area (Å²) in [5, 5.41) is 8.96. The lowest BCUT2D eigenvalue weighted by Crippen LogP contribution is -1.82. The van der Waals surface area contributed by atoms with Crippen LogP contribution < -0.4 is 0 Å². The van der Waals surface area contributed by atoms with Gasteiger partial charge in [-0.05, 0) is 18.2 Å². The molecule has 11 heavy (non-hydrogen) atoms. The van der Waals surface area contributed by atoms with Gasteiger partial charge in [-0.2, -0.15) is 0 Å². The van der Waals surface area contributed by atoms with Gasteiger partial charge in [0.2, 0.25) is 0 Å². The minimum atomic E-state index is -0.141. The summed E-state index contributed by atoms with van der Waals surface area (Å²) < 4.78 is 0.